The number of anilines is 1. The molecule has 1 aromatic carbocycles. The number of nitrogens with one attached hydrogen (secondary N) is 2. The molecule has 0 aromatic heterocycles. The van der Waals surface area contributed by atoms with Crippen LogP contribution in [-0.2, 0) is 15.0 Å². The van der Waals surface area contributed by atoms with Crippen molar-refractivity contribution in [3.8, 4) is 0 Å². The number of nitro groups is 1. The van der Waals surface area contributed by atoms with Gasteiger partial charge in [-0.3, -0.25) is 19.7 Å². The zero-order valence-electron chi connectivity index (χ0n) is 22.1. The van der Waals surface area contributed by atoms with Crippen molar-refractivity contribution in [1.82, 2.24) is 5.32 Å². The third kappa shape index (κ3) is 3.86. The van der Waals surface area contributed by atoms with E-state index < -0.39 is 0 Å². The van der Waals surface area contributed by atoms with Crippen LogP contribution in [0.1, 0.15) is 78.7 Å². The first-order valence-electron chi connectivity index (χ1n) is 13.4. The maximum atomic E-state index is 13.6. The second-order valence-corrected chi connectivity index (χ2v) is 13.1. The van der Waals surface area contributed by atoms with E-state index in [2.05, 4.69) is 24.5 Å². The van der Waals surface area contributed by atoms with Crippen LogP contribution in [0.5, 0.6) is 0 Å². The van der Waals surface area contributed by atoms with Gasteiger partial charge >= 0.3 is 0 Å². The largest absolute Gasteiger partial charge is 0.387 e. The Morgan fingerprint density at radius 2 is 1.89 bits per heavy atom. The number of ketones is 1. The Balaban J connectivity index is 1.36. The third-order valence-corrected chi connectivity index (χ3v) is 10.2. The Hall–Kier alpha value is -2.70. The first-order chi connectivity index (χ1) is 16.8. The number of nitrogens with zero attached hydrogens (tertiary/aromatic N) is 1. The number of fused-ring (bicyclic) bond motifs is 5. The summed E-state index contributed by atoms with van der Waals surface area (Å²) in [6.07, 6.45) is 7.29. The van der Waals surface area contributed by atoms with Gasteiger partial charge in [-0.05, 0) is 72.8 Å². The Bertz CT molecular complexity index is 1150. The van der Waals surface area contributed by atoms with E-state index in [1.54, 1.807) is 12.1 Å². The Labute approximate surface area is 213 Å². The number of benzene rings is 1. The van der Waals surface area contributed by atoms with Crippen molar-refractivity contribution in [1.29, 1.82) is 0 Å². The molecule has 1 heterocycles. The van der Waals surface area contributed by atoms with E-state index in [1.165, 1.54) is 6.07 Å². The van der Waals surface area contributed by atoms with Crippen LogP contribution in [-0.4, -0.2) is 23.2 Å². The highest BCUT2D eigenvalue weighted by Gasteiger charge is 2.60. The molecule has 36 heavy (non-hydrogen) atoms. The summed E-state index contributed by atoms with van der Waals surface area (Å²) >= 11 is 0. The molecule has 3 aliphatic carbocycles. The summed E-state index contributed by atoms with van der Waals surface area (Å²) in [5.74, 6) is 1.57. The van der Waals surface area contributed by atoms with Crippen molar-refractivity contribution < 1.29 is 14.5 Å². The van der Waals surface area contributed by atoms with Crippen molar-refractivity contribution in [2.45, 2.75) is 78.6 Å². The molecule has 2 N–H and O–H groups in total. The molecule has 3 fully saturated rings. The number of allylic oxidation sites excluding steroid dienone is 2. The molecule has 0 unspecified atom stereocenters. The molecular formula is C29H39N3O4. The lowest BCUT2D eigenvalue weighted by atomic mass is 9.50. The van der Waals surface area contributed by atoms with Gasteiger partial charge in [-0.1, -0.05) is 34.6 Å². The van der Waals surface area contributed by atoms with Crippen molar-refractivity contribution in [2.75, 3.05) is 11.9 Å². The van der Waals surface area contributed by atoms with E-state index in [9.17, 15) is 19.7 Å². The number of carbonyl (C=O) groups is 2. The van der Waals surface area contributed by atoms with Gasteiger partial charge in [0.15, 0.2) is 5.78 Å². The zero-order valence-corrected chi connectivity index (χ0v) is 22.1. The van der Waals surface area contributed by atoms with Gasteiger partial charge in [-0.15, -0.1) is 0 Å². The van der Waals surface area contributed by atoms with Crippen LogP contribution < -0.4 is 10.6 Å². The molecule has 1 saturated heterocycles. The van der Waals surface area contributed by atoms with E-state index in [0.29, 0.717) is 35.4 Å². The third-order valence-electron chi connectivity index (χ3n) is 10.2. The summed E-state index contributed by atoms with van der Waals surface area (Å²) < 4.78 is 0. The van der Waals surface area contributed by atoms with Crippen LogP contribution in [0.2, 0.25) is 0 Å². The quantitative estimate of drug-likeness (QED) is 0.413. The molecule has 0 spiro atoms. The lowest BCUT2D eigenvalue weighted by molar-refractivity contribution is -0.385. The molecule has 1 aliphatic heterocycles. The summed E-state index contributed by atoms with van der Waals surface area (Å²) in [6.45, 7) is 11.3. The first-order valence-corrected chi connectivity index (χ1v) is 13.4. The van der Waals surface area contributed by atoms with Gasteiger partial charge in [0.1, 0.15) is 0 Å². The number of amides is 1. The van der Waals surface area contributed by atoms with Gasteiger partial charge in [-0.2, -0.15) is 0 Å². The summed E-state index contributed by atoms with van der Waals surface area (Å²) in [6, 6.07) is 5.07. The monoisotopic (exact) mass is 493 g/mol. The molecule has 0 bridgehead atoms. The van der Waals surface area contributed by atoms with Gasteiger partial charge in [0.25, 0.3) is 5.69 Å². The standard InChI is InChI=1S/C29H39N3O4/c1-27(2,3)22-7-6-17(14-24(22)32(35)36)31-26(34)23-9-8-20-19-16-30-25-15-18(33)10-12-29(25,5)21(19)11-13-28(20,23)4/h6-7,14-15,19-21,23,30H,8-13,16H2,1-5H3,(H,31,34)/t19-,20-,21-,23+,28-,29+/m0/s1. The van der Waals surface area contributed by atoms with E-state index in [1.807, 2.05) is 26.8 Å². The number of rotatable bonds is 3. The van der Waals surface area contributed by atoms with Gasteiger partial charge in [-0.25, -0.2) is 0 Å². The highest BCUT2D eigenvalue weighted by atomic mass is 16.6. The normalized spacial score (nSPS) is 35.6. The van der Waals surface area contributed by atoms with Crippen molar-refractivity contribution in [3.63, 3.8) is 0 Å². The van der Waals surface area contributed by atoms with Crippen molar-refractivity contribution in [2.24, 2.45) is 34.5 Å². The minimum atomic E-state index is -0.360. The Morgan fingerprint density at radius 1 is 1.14 bits per heavy atom. The molecule has 194 valence electrons. The van der Waals surface area contributed by atoms with Gasteiger partial charge in [0.05, 0.1) is 4.92 Å². The van der Waals surface area contributed by atoms with Crippen LogP contribution in [0.15, 0.2) is 30.0 Å². The van der Waals surface area contributed by atoms with Crippen molar-refractivity contribution in [3.05, 3.63) is 45.6 Å². The zero-order chi connectivity index (χ0) is 26.0. The number of nitro benzene ring substituents is 1. The van der Waals surface area contributed by atoms with Crippen LogP contribution in [0, 0.1) is 44.6 Å². The average molecular weight is 494 g/mol. The summed E-state index contributed by atoms with van der Waals surface area (Å²) in [5, 5.41) is 18.4. The minimum absolute atomic E-state index is 0.0184. The van der Waals surface area contributed by atoms with Crippen LogP contribution >= 0.6 is 0 Å². The second-order valence-electron chi connectivity index (χ2n) is 13.1. The molecule has 5 rings (SSSR count). The fourth-order valence-electron chi connectivity index (χ4n) is 8.20. The average Bonchev–Trinajstić information content (AvgIpc) is 3.16. The molecular weight excluding hydrogens is 454 g/mol. The first kappa shape index (κ1) is 25.0. The maximum Gasteiger partial charge on any atom is 0.275 e. The predicted octanol–water partition coefficient (Wildman–Crippen LogP) is 5.75. The number of hydrogen-bond donors (Lipinski definition) is 2. The number of hydrogen-bond acceptors (Lipinski definition) is 5. The van der Waals surface area contributed by atoms with Crippen LogP contribution in [0.25, 0.3) is 0 Å². The summed E-state index contributed by atoms with van der Waals surface area (Å²) in [5.41, 5.74) is 1.89. The highest BCUT2D eigenvalue weighted by molar-refractivity contribution is 5.94. The maximum absolute atomic E-state index is 13.6. The van der Waals surface area contributed by atoms with Gasteiger partial charge in [0, 0.05) is 53.4 Å². The molecule has 1 aromatic rings. The molecule has 6 atom stereocenters. The molecule has 4 aliphatic rings. The predicted molar refractivity (Wildman–Crippen MR) is 139 cm³/mol. The molecule has 2 saturated carbocycles. The van der Waals surface area contributed by atoms with Gasteiger partial charge < -0.3 is 10.6 Å². The lowest BCUT2D eigenvalue weighted by Crippen LogP contribution is -2.57. The fourth-order valence-corrected chi connectivity index (χ4v) is 8.20. The van der Waals surface area contributed by atoms with Crippen LogP contribution in [0.3, 0.4) is 0 Å². The van der Waals surface area contributed by atoms with E-state index in [0.717, 1.165) is 44.3 Å². The van der Waals surface area contributed by atoms with Crippen molar-refractivity contribution >= 4 is 23.1 Å². The fraction of sp³-hybridized carbons (Fsp3) is 0.655. The molecule has 0 radical (unpaired) electrons. The molecule has 7 nitrogen and oxygen atoms in total. The number of piperidine rings is 1. The molecule has 1 amide bonds. The van der Waals surface area contributed by atoms with E-state index in [-0.39, 0.29) is 44.5 Å². The topological polar surface area (TPSA) is 101 Å². The summed E-state index contributed by atoms with van der Waals surface area (Å²) in [7, 11) is 0. The highest BCUT2D eigenvalue weighted by Crippen LogP contribution is 2.64. The lowest BCUT2D eigenvalue weighted by Gasteiger charge is -2.58. The Morgan fingerprint density at radius 3 is 2.58 bits per heavy atom. The van der Waals surface area contributed by atoms with Crippen LogP contribution in [0.4, 0.5) is 11.4 Å². The smallest absolute Gasteiger partial charge is 0.275 e. The number of carbonyl (C=O) groups excluding carboxylic acids is 2. The second kappa shape index (κ2) is 8.42. The minimum Gasteiger partial charge on any atom is -0.387 e. The molecule has 7 heteroatoms. The van der Waals surface area contributed by atoms with E-state index >= 15 is 0 Å². The van der Waals surface area contributed by atoms with E-state index in [4.69, 9.17) is 0 Å². The summed E-state index contributed by atoms with van der Waals surface area (Å²) in [4.78, 5) is 37.0. The Kier molecular flexibility index (Phi) is 5.84. The SMILES string of the molecule is CC(C)(C)c1ccc(NC(=O)[C@H]2CC[C@H]3[C@@H]4CNC5=CC(=O)CC[C@]5(C)[C@H]4CC[C@]23C)cc1[N+](=O)[O-]. The van der Waals surface area contributed by atoms with Gasteiger partial charge in [0.2, 0.25) is 5.91 Å².